The van der Waals surface area contributed by atoms with Gasteiger partial charge in [-0.15, -0.1) is 0 Å². The molecule has 1 atom stereocenters. The van der Waals surface area contributed by atoms with Crippen LogP contribution in [0, 0.1) is 0 Å². The highest BCUT2D eigenvalue weighted by molar-refractivity contribution is 8.14. The summed E-state index contributed by atoms with van der Waals surface area (Å²) in [5.41, 5.74) is 1.35. The van der Waals surface area contributed by atoms with Gasteiger partial charge in [-0.05, 0) is 42.3 Å². The Morgan fingerprint density at radius 3 is 2.35 bits per heavy atom. The number of nitrogens with one attached hydrogen (secondary N) is 1. The van der Waals surface area contributed by atoms with Gasteiger partial charge < -0.3 is 14.8 Å². The van der Waals surface area contributed by atoms with Gasteiger partial charge in [-0.1, -0.05) is 30.8 Å². The second-order valence-electron chi connectivity index (χ2n) is 7.67. The van der Waals surface area contributed by atoms with Gasteiger partial charge in [0.15, 0.2) is 11.5 Å². The highest BCUT2D eigenvalue weighted by Crippen LogP contribution is 2.37. The third-order valence-corrected chi connectivity index (χ3v) is 6.47. The smallest absolute Gasteiger partial charge is 0.463 e. The monoisotopic (exact) mass is 549 g/mol. The van der Waals surface area contributed by atoms with E-state index in [0.29, 0.717) is 23.3 Å². The summed E-state index contributed by atoms with van der Waals surface area (Å²) in [5, 5.41) is 6.54. The van der Waals surface area contributed by atoms with Crippen LogP contribution in [-0.4, -0.2) is 53.2 Å². The summed E-state index contributed by atoms with van der Waals surface area (Å²) in [5.74, 6) is -7.59. The molecule has 1 unspecified atom stereocenters. The average Bonchev–Trinajstić information content (AvgIpc) is 2.85. The molecule has 2 aromatic rings. The molecule has 7 nitrogen and oxygen atoms in total. The lowest BCUT2D eigenvalue weighted by atomic mass is 10.0. The van der Waals surface area contributed by atoms with Gasteiger partial charge in [0.2, 0.25) is 6.86 Å². The van der Waals surface area contributed by atoms with Crippen LogP contribution in [0.15, 0.2) is 47.6 Å². The maximum absolute atomic E-state index is 13.2. The molecular weight excluding hydrogens is 528 g/mol. The van der Waals surface area contributed by atoms with Crippen molar-refractivity contribution in [3.05, 3.63) is 53.6 Å². The number of hydrazone groups is 1. The van der Waals surface area contributed by atoms with Crippen LogP contribution in [-0.2, 0) is 11.3 Å². The van der Waals surface area contributed by atoms with Crippen LogP contribution in [0.25, 0.3) is 0 Å². The van der Waals surface area contributed by atoms with E-state index in [1.54, 1.807) is 12.1 Å². The van der Waals surface area contributed by atoms with Crippen molar-refractivity contribution < 1.29 is 45.4 Å². The highest BCUT2D eigenvalue weighted by atomic mass is 32.2. The second kappa shape index (κ2) is 11.3. The Morgan fingerprint density at radius 2 is 1.78 bits per heavy atom. The number of nitrogens with zero attached hydrogens (tertiary/aromatic N) is 2. The molecule has 1 aliphatic rings. The molecule has 0 aromatic heterocycles. The minimum absolute atomic E-state index is 0.0428. The van der Waals surface area contributed by atoms with E-state index >= 15 is 0 Å². The van der Waals surface area contributed by atoms with Crippen molar-refractivity contribution in [3.63, 3.8) is 0 Å². The number of benzene rings is 2. The first-order chi connectivity index (χ1) is 17.4. The van der Waals surface area contributed by atoms with Crippen molar-refractivity contribution in [3.8, 4) is 11.5 Å². The second-order valence-corrected chi connectivity index (χ2v) is 8.82. The van der Waals surface area contributed by atoms with Gasteiger partial charge in [0.25, 0.3) is 0 Å². The molecule has 0 radical (unpaired) electrons. The molecule has 2 aromatic carbocycles. The Kier molecular flexibility index (Phi) is 8.61. The molecule has 1 N–H and O–H groups in total. The molecule has 200 valence electrons. The minimum Gasteiger partial charge on any atom is -0.493 e. The summed E-state index contributed by atoms with van der Waals surface area (Å²) >= 11 is 1.04. The van der Waals surface area contributed by atoms with Gasteiger partial charge in [-0.25, -0.2) is 9.40 Å². The fraction of sp³-hybridized carbons (Fsp3) is 0.348. The van der Waals surface area contributed by atoms with E-state index in [1.807, 2.05) is 6.92 Å². The first-order valence-electron chi connectivity index (χ1n) is 10.7. The Labute approximate surface area is 211 Å². The molecule has 0 saturated heterocycles. The predicted molar refractivity (Wildman–Crippen MR) is 125 cm³/mol. The predicted octanol–water partition coefficient (Wildman–Crippen LogP) is 5.99. The third kappa shape index (κ3) is 6.29. The molecule has 2 amide bonds. The molecule has 0 fully saturated rings. The van der Waals surface area contributed by atoms with Crippen LogP contribution in [0.1, 0.15) is 24.5 Å². The number of methoxy groups -OCH3 is 1. The number of carbonyl (C=O) groups is 2. The molecule has 14 heteroatoms. The molecule has 0 saturated carbocycles. The minimum atomic E-state index is -6.03. The zero-order chi connectivity index (χ0) is 27.4. The topological polar surface area (TPSA) is 80.2 Å². The summed E-state index contributed by atoms with van der Waals surface area (Å²) in [6.45, 7) is 0.793. The maximum Gasteiger partial charge on any atom is 0.463 e. The quantitative estimate of drug-likeness (QED) is 0.389. The van der Waals surface area contributed by atoms with Crippen molar-refractivity contribution in [2.75, 3.05) is 19.3 Å². The fourth-order valence-electron chi connectivity index (χ4n) is 3.30. The van der Waals surface area contributed by atoms with E-state index in [0.717, 1.165) is 23.9 Å². The van der Waals surface area contributed by atoms with Crippen LogP contribution >= 0.6 is 11.8 Å². The summed E-state index contributed by atoms with van der Waals surface area (Å²) in [6, 6.07) is 9.75. The number of thioether (sulfide) groups is 1. The molecule has 37 heavy (non-hydrogen) atoms. The first kappa shape index (κ1) is 28.2. The summed E-state index contributed by atoms with van der Waals surface area (Å²) in [7, 11) is 1.39. The number of hydrogen-bond acceptors (Lipinski definition) is 6. The Hall–Kier alpha value is -3.42. The number of ether oxygens (including phenoxy) is 2. The number of rotatable bonds is 9. The number of alkyl halides is 6. The van der Waals surface area contributed by atoms with Gasteiger partial charge in [0, 0.05) is 11.3 Å². The van der Waals surface area contributed by atoms with E-state index in [9.17, 15) is 35.9 Å². The Balaban J connectivity index is 1.80. The van der Waals surface area contributed by atoms with Crippen LogP contribution < -0.4 is 14.8 Å². The van der Waals surface area contributed by atoms with Crippen molar-refractivity contribution in [1.29, 1.82) is 0 Å². The zero-order valence-electron chi connectivity index (χ0n) is 19.4. The largest absolute Gasteiger partial charge is 0.493 e. The zero-order valence-corrected chi connectivity index (χ0v) is 20.3. The molecule has 0 bridgehead atoms. The average molecular weight is 549 g/mol. The van der Waals surface area contributed by atoms with Gasteiger partial charge in [0.05, 0.1) is 24.6 Å². The van der Waals surface area contributed by atoms with Crippen molar-refractivity contribution in [1.82, 2.24) is 5.01 Å². The molecule has 3 rings (SSSR count). The first-order valence-corrected chi connectivity index (χ1v) is 11.6. The molecular formula is C23H21F6N3O4S. The van der Waals surface area contributed by atoms with E-state index in [2.05, 4.69) is 5.10 Å². The number of carbonyl (C=O) groups excluding carboxylic acids is 2. The number of hydrogen-bond donors (Lipinski definition) is 1. The number of amides is 2. The van der Waals surface area contributed by atoms with Crippen LogP contribution in [0.4, 0.5) is 36.8 Å². The van der Waals surface area contributed by atoms with E-state index < -0.39 is 24.9 Å². The summed E-state index contributed by atoms with van der Waals surface area (Å²) < 4.78 is 86.1. The van der Waals surface area contributed by atoms with E-state index in [4.69, 9.17) is 9.47 Å². The molecule has 1 heterocycles. The maximum atomic E-state index is 13.2. The van der Waals surface area contributed by atoms with Gasteiger partial charge >= 0.3 is 23.2 Å². The highest BCUT2D eigenvalue weighted by Gasteiger charge is 2.63. The Bertz CT molecular complexity index is 1170. The third-order valence-electron chi connectivity index (χ3n) is 5.21. The van der Waals surface area contributed by atoms with Crippen LogP contribution in [0.2, 0.25) is 0 Å². The van der Waals surface area contributed by atoms with Gasteiger partial charge in [-0.2, -0.15) is 27.1 Å². The van der Waals surface area contributed by atoms with E-state index in [1.165, 1.54) is 35.6 Å². The van der Waals surface area contributed by atoms with E-state index in [-0.39, 0.29) is 34.2 Å². The lowest BCUT2D eigenvalue weighted by Crippen LogP contribution is -2.47. The van der Waals surface area contributed by atoms with Crippen molar-refractivity contribution in [2.45, 2.75) is 37.2 Å². The number of anilines is 1. The molecule has 1 aliphatic heterocycles. The Morgan fingerprint density at radius 1 is 1.11 bits per heavy atom. The van der Waals surface area contributed by atoms with Crippen LogP contribution in [0.5, 0.6) is 11.5 Å². The standard InChI is InChI=1S/C23H21F6N3O4S/c1-3-18-19(14-6-9-16(36-12-24)17(10-14)35-2)31-32(21(34)37-18)11-13-4-7-15(8-5-13)30-20(33)22(25,26)23(27,28)29/h4-10,18H,3,11-12H2,1-2H3,(H,30,33). The number of halogens is 6. The SMILES string of the molecule is CCC1SC(=O)N(Cc2ccc(NC(=O)C(F)(F)C(F)(F)F)cc2)N=C1c1ccc(OCF)c(OC)c1. The van der Waals surface area contributed by atoms with Crippen molar-refractivity contribution >= 4 is 34.3 Å². The van der Waals surface area contributed by atoms with Gasteiger partial charge in [0.1, 0.15) is 0 Å². The van der Waals surface area contributed by atoms with Crippen LogP contribution in [0.3, 0.4) is 0 Å². The fourth-order valence-corrected chi connectivity index (χ4v) is 4.24. The molecule has 0 spiro atoms. The lowest BCUT2D eigenvalue weighted by molar-refractivity contribution is -0.267. The lowest BCUT2D eigenvalue weighted by Gasteiger charge is -2.28. The van der Waals surface area contributed by atoms with Gasteiger partial charge in [-0.3, -0.25) is 9.59 Å². The molecule has 0 aliphatic carbocycles. The summed E-state index contributed by atoms with van der Waals surface area (Å²) in [4.78, 5) is 24.0. The summed E-state index contributed by atoms with van der Waals surface area (Å²) in [6.07, 6.45) is -5.45. The normalized spacial score (nSPS) is 16.3. The van der Waals surface area contributed by atoms with Crippen molar-refractivity contribution in [2.24, 2.45) is 5.10 Å².